The number of aldehydes is 1. The van der Waals surface area contributed by atoms with Crippen molar-refractivity contribution in [1.82, 2.24) is 4.31 Å². The van der Waals surface area contributed by atoms with Gasteiger partial charge in [-0.2, -0.15) is 4.31 Å². The van der Waals surface area contributed by atoms with Crippen LogP contribution in [0.25, 0.3) is 0 Å². The van der Waals surface area contributed by atoms with Crippen molar-refractivity contribution in [1.29, 1.82) is 0 Å². The van der Waals surface area contributed by atoms with Crippen LogP contribution in [0.5, 0.6) is 0 Å². The molecule has 0 aliphatic carbocycles. The highest BCUT2D eigenvalue weighted by Crippen LogP contribution is 2.25. The van der Waals surface area contributed by atoms with Gasteiger partial charge in [-0.05, 0) is 31.0 Å². The average Bonchev–Trinajstić information content (AvgIpc) is 2.77. The van der Waals surface area contributed by atoms with Gasteiger partial charge in [0.15, 0.2) is 0 Å². The van der Waals surface area contributed by atoms with E-state index in [1.807, 2.05) is 0 Å². The second kappa shape index (κ2) is 4.76. The summed E-state index contributed by atoms with van der Waals surface area (Å²) in [5.41, 5.74) is 0. The van der Waals surface area contributed by atoms with Gasteiger partial charge in [-0.1, -0.05) is 17.7 Å². The number of hydrogen-bond donors (Lipinski definition) is 0. The largest absolute Gasteiger partial charge is 0.302 e. The third kappa shape index (κ3) is 2.36. The lowest BCUT2D eigenvalue weighted by Crippen LogP contribution is -2.36. The van der Waals surface area contributed by atoms with Crippen LogP contribution in [-0.4, -0.2) is 31.6 Å². The summed E-state index contributed by atoms with van der Waals surface area (Å²) in [7, 11) is -3.64. The number of sulfonamides is 1. The summed E-state index contributed by atoms with van der Waals surface area (Å²) in [6, 6.07) is 5.44. The first-order valence-electron chi connectivity index (χ1n) is 5.10. The lowest BCUT2D eigenvalue weighted by atomic mass is 10.2. The van der Waals surface area contributed by atoms with Gasteiger partial charge in [0.05, 0.1) is 10.9 Å². The Morgan fingerprint density at radius 2 is 2.18 bits per heavy atom. The molecular formula is C11H11ClNO3S. The van der Waals surface area contributed by atoms with E-state index in [4.69, 9.17) is 11.6 Å². The number of halogens is 1. The van der Waals surface area contributed by atoms with Gasteiger partial charge in [-0.15, -0.1) is 0 Å². The second-order valence-electron chi connectivity index (χ2n) is 3.76. The number of carbonyl (C=O) groups is 1. The zero-order chi connectivity index (χ0) is 12.5. The molecule has 0 amide bonds. The van der Waals surface area contributed by atoms with E-state index >= 15 is 0 Å². The van der Waals surface area contributed by atoms with Crippen molar-refractivity contribution >= 4 is 27.9 Å². The first-order chi connectivity index (χ1) is 8.05. The fourth-order valence-electron chi connectivity index (χ4n) is 1.79. The topological polar surface area (TPSA) is 54.5 Å². The fourth-order valence-corrected chi connectivity index (χ4v) is 3.63. The molecule has 0 bridgehead atoms. The smallest absolute Gasteiger partial charge is 0.243 e. The van der Waals surface area contributed by atoms with Crippen LogP contribution >= 0.6 is 11.6 Å². The number of benzene rings is 1. The highest BCUT2D eigenvalue weighted by Gasteiger charge is 2.35. The van der Waals surface area contributed by atoms with E-state index in [9.17, 15) is 13.2 Å². The van der Waals surface area contributed by atoms with E-state index in [0.717, 1.165) is 0 Å². The molecule has 0 unspecified atom stereocenters. The molecule has 0 N–H and O–H groups in total. The van der Waals surface area contributed by atoms with Gasteiger partial charge in [0.25, 0.3) is 0 Å². The molecule has 1 atom stereocenters. The highest BCUT2D eigenvalue weighted by molar-refractivity contribution is 7.89. The molecule has 1 aliphatic heterocycles. The van der Waals surface area contributed by atoms with Gasteiger partial charge in [-0.3, -0.25) is 0 Å². The molecule has 1 fully saturated rings. The molecule has 1 aromatic rings. The van der Waals surface area contributed by atoms with Crippen LogP contribution in [0.2, 0.25) is 5.02 Å². The molecule has 17 heavy (non-hydrogen) atoms. The maximum atomic E-state index is 12.2. The molecule has 0 saturated carbocycles. The number of nitrogens with zero attached hydrogens (tertiary/aromatic N) is 1. The van der Waals surface area contributed by atoms with Crippen LogP contribution < -0.4 is 0 Å². The summed E-state index contributed by atoms with van der Waals surface area (Å²) in [6.45, 7) is 0.262. The lowest BCUT2D eigenvalue weighted by Gasteiger charge is -2.19. The Bertz CT molecular complexity index is 529. The van der Waals surface area contributed by atoms with Crippen LogP contribution in [0, 0.1) is 6.42 Å². The quantitative estimate of drug-likeness (QED) is 0.784. The number of carbonyl (C=O) groups excluding carboxylic acids is 1. The predicted molar refractivity (Wildman–Crippen MR) is 64.1 cm³/mol. The minimum Gasteiger partial charge on any atom is -0.302 e. The van der Waals surface area contributed by atoms with Crippen molar-refractivity contribution in [3.05, 3.63) is 35.7 Å². The molecule has 91 valence electrons. The standard InChI is InChI=1S/C11H11ClNO3S/c12-9-3-1-5-11(7-9)17(15,16)13-6-2-4-10(13)8-14/h1-3,5,7-8,10H,4,6H2/t10-/m0/s1. The third-order valence-corrected chi connectivity index (χ3v) is 4.77. The van der Waals surface area contributed by atoms with E-state index in [1.54, 1.807) is 18.6 Å². The van der Waals surface area contributed by atoms with Crippen LogP contribution in [0.4, 0.5) is 0 Å². The summed E-state index contributed by atoms with van der Waals surface area (Å²) in [6.07, 6.45) is 2.90. The van der Waals surface area contributed by atoms with Gasteiger partial charge in [0.2, 0.25) is 10.0 Å². The van der Waals surface area contributed by atoms with Crippen LogP contribution in [-0.2, 0) is 14.8 Å². The molecule has 1 aromatic carbocycles. The van der Waals surface area contributed by atoms with Crippen molar-refractivity contribution in [2.45, 2.75) is 17.4 Å². The first-order valence-corrected chi connectivity index (χ1v) is 6.92. The normalized spacial score (nSPS) is 21.6. The molecule has 4 nitrogen and oxygen atoms in total. The zero-order valence-electron chi connectivity index (χ0n) is 8.91. The maximum Gasteiger partial charge on any atom is 0.243 e. The predicted octanol–water partition coefficient (Wildman–Crippen LogP) is 1.51. The molecule has 1 heterocycles. The molecule has 0 spiro atoms. The summed E-state index contributed by atoms with van der Waals surface area (Å²) >= 11 is 5.77. The zero-order valence-corrected chi connectivity index (χ0v) is 10.5. The average molecular weight is 273 g/mol. The molecule has 2 rings (SSSR count). The molecule has 1 radical (unpaired) electrons. The van der Waals surface area contributed by atoms with Gasteiger partial charge < -0.3 is 4.79 Å². The molecule has 6 heteroatoms. The molecule has 1 aliphatic rings. The Morgan fingerprint density at radius 3 is 2.82 bits per heavy atom. The van der Waals surface area contributed by atoms with E-state index in [-0.39, 0.29) is 11.4 Å². The molecule has 1 saturated heterocycles. The lowest BCUT2D eigenvalue weighted by molar-refractivity contribution is -0.110. The summed E-state index contributed by atoms with van der Waals surface area (Å²) in [5, 5.41) is 0.358. The fraction of sp³-hybridized carbons (Fsp3) is 0.273. The Balaban J connectivity index is 2.39. The Hall–Kier alpha value is -0.910. The van der Waals surface area contributed by atoms with Crippen molar-refractivity contribution < 1.29 is 13.2 Å². The van der Waals surface area contributed by atoms with E-state index in [2.05, 4.69) is 0 Å². The van der Waals surface area contributed by atoms with Crippen molar-refractivity contribution in [3.8, 4) is 0 Å². The summed E-state index contributed by atoms with van der Waals surface area (Å²) in [4.78, 5) is 10.9. The van der Waals surface area contributed by atoms with Gasteiger partial charge in [-0.25, -0.2) is 8.42 Å². The van der Waals surface area contributed by atoms with Crippen molar-refractivity contribution in [3.63, 3.8) is 0 Å². The van der Waals surface area contributed by atoms with E-state index in [0.29, 0.717) is 17.7 Å². The van der Waals surface area contributed by atoms with E-state index in [1.165, 1.54) is 16.4 Å². The number of rotatable bonds is 3. The Morgan fingerprint density at radius 1 is 1.41 bits per heavy atom. The van der Waals surface area contributed by atoms with Gasteiger partial charge >= 0.3 is 0 Å². The SMILES string of the molecule is O=C[C@@H]1C[CH]CN1S(=O)(=O)c1cccc(Cl)c1. The molecule has 0 aromatic heterocycles. The van der Waals surface area contributed by atoms with Crippen LogP contribution in [0.1, 0.15) is 6.42 Å². The second-order valence-corrected chi connectivity index (χ2v) is 6.09. The highest BCUT2D eigenvalue weighted by atomic mass is 35.5. The third-order valence-electron chi connectivity index (χ3n) is 2.65. The Kier molecular flexibility index (Phi) is 3.51. The summed E-state index contributed by atoms with van der Waals surface area (Å²) < 4.78 is 25.7. The van der Waals surface area contributed by atoms with Crippen LogP contribution in [0.3, 0.4) is 0 Å². The molecular weight excluding hydrogens is 262 g/mol. The van der Waals surface area contributed by atoms with Crippen LogP contribution in [0.15, 0.2) is 29.2 Å². The minimum absolute atomic E-state index is 0.118. The first kappa shape index (κ1) is 12.5. The maximum absolute atomic E-state index is 12.2. The van der Waals surface area contributed by atoms with Crippen molar-refractivity contribution in [2.24, 2.45) is 0 Å². The van der Waals surface area contributed by atoms with Gasteiger partial charge in [0, 0.05) is 11.6 Å². The minimum atomic E-state index is -3.64. The Labute approximate surface area is 105 Å². The van der Waals surface area contributed by atoms with Gasteiger partial charge in [0.1, 0.15) is 6.29 Å². The van der Waals surface area contributed by atoms with Crippen molar-refractivity contribution in [2.75, 3.05) is 6.54 Å². The van der Waals surface area contributed by atoms with E-state index < -0.39 is 16.1 Å². The number of hydrogen-bond acceptors (Lipinski definition) is 3. The monoisotopic (exact) mass is 272 g/mol. The summed E-state index contributed by atoms with van der Waals surface area (Å²) in [5.74, 6) is 0.